The van der Waals surface area contributed by atoms with Gasteiger partial charge in [-0.05, 0) is 37.8 Å². The normalized spacial score (nSPS) is 17.4. The maximum absolute atomic E-state index is 11.1. The first-order chi connectivity index (χ1) is 7.70. The fraction of sp³-hybridized carbons (Fsp3) is 0.462. The Balaban J connectivity index is 2.36. The molecule has 1 heterocycles. The second kappa shape index (κ2) is 4.56. The van der Waals surface area contributed by atoms with Crippen LogP contribution < -0.4 is 4.90 Å². The van der Waals surface area contributed by atoms with Crippen molar-refractivity contribution in [2.75, 3.05) is 11.4 Å². The Morgan fingerprint density at radius 2 is 2.12 bits per heavy atom. The number of anilines is 1. The molecule has 1 atom stereocenters. The number of nitrogens with zero attached hydrogens (tertiary/aromatic N) is 1. The van der Waals surface area contributed by atoms with Crippen LogP contribution in [0.2, 0.25) is 0 Å². The van der Waals surface area contributed by atoms with Gasteiger partial charge in [0, 0.05) is 12.2 Å². The average molecular weight is 219 g/mol. The number of benzene rings is 1. The van der Waals surface area contributed by atoms with Gasteiger partial charge in [-0.1, -0.05) is 18.2 Å². The molecule has 86 valence electrons. The van der Waals surface area contributed by atoms with Crippen molar-refractivity contribution in [3.05, 3.63) is 29.8 Å². The zero-order chi connectivity index (χ0) is 11.5. The fourth-order valence-electron chi connectivity index (χ4n) is 2.26. The predicted octanol–water partition coefficient (Wildman–Crippen LogP) is 2.30. The highest BCUT2D eigenvalue weighted by Gasteiger charge is 2.23. The Morgan fingerprint density at radius 3 is 2.88 bits per heavy atom. The van der Waals surface area contributed by atoms with Gasteiger partial charge >= 0.3 is 5.97 Å². The van der Waals surface area contributed by atoms with Gasteiger partial charge in [-0.15, -0.1) is 0 Å². The summed E-state index contributed by atoms with van der Waals surface area (Å²) in [6.45, 7) is 2.59. The van der Waals surface area contributed by atoms with Gasteiger partial charge in [-0.25, -0.2) is 4.79 Å². The van der Waals surface area contributed by atoms with E-state index in [1.165, 1.54) is 5.56 Å². The molecule has 16 heavy (non-hydrogen) atoms. The van der Waals surface area contributed by atoms with Crippen LogP contribution in [0.4, 0.5) is 5.69 Å². The summed E-state index contributed by atoms with van der Waals surface area (Å²) in [6.07, 6.45) is 3.26. The van der Waals surface area contributed by atoms with Gasteiger partial charge in [0.25, 0.3) is 0 Å². The maximum Gasteiger partial charge on any atom is 0.326 e. The summed E-state index contributed by atoms with van der Waals surface area (Å²) >= 11 is 0. The number of aliphatic carboxylic acids is 1. The van der Waals surface area contributed by atoms with Gasteiger partial charge in [0.1, 0.15) is 6.04 Å². The van der Waals surface area contributed by atoms with Crippen LogP contribution in [-0.2, 0) is 11.2 Å². The molecule has 1 aliphatic heterocycles. The van der Waals surface area contributed by atoms with Crippen LogP contribution in [0, 0.1) is 0 Å². The van der Waals surface area contributed by atoms with Gasteiger partial charge in [-0.3, -0.25) is 0 Å². The van der Waals surface area contributed by atoms with E-state index in [1.807, 2.05) is 23.1 Å². The fourth-order valence-corrected chi connectivity index (χ4v) is 2.26. The van der Waals surface area contributed by atoms with E-state index in [4.69, 9.17) is 5.11 Å². The van der Waals surface area contributed by atoms with Gasteiger partial charge in [0.05, 0.1) is 0 Å². The molecule has 0 radical (unpaired) electrons. The van der Waals surface area contributed by atoms with Crippen molar-refractivity contribution >= 4 is 11.7 Å². The zero-order valence-corrected chi connectivity index (χ0v) is 9.52. The number of rotatable bonds is 2. The summed E-state index contributed by atoms with van der Waals surface area (Å²) in [6, 6.07) is 7.68. The van der Waals surface area contributed by atoms with Crippen LogP contribution in [0.5, 0.6) is 0 Å². The van der Waals surface area contributed by atoms with Crippen LogP contribution in [0.25, 0.3) is 0 Å². The molecule has 0 amide bonds. The number of carboxylic acids is 1. The molecular weight excluding hydrogens is 202 g/mol. The van der Waals surface area contributed by atoms with Crippen molar-refractivity contribution < 1.29 is 9.90 Å². The monoisotopic (exact) mass is 219 g/mol. The quantitative estimate of drug-likeness (QED) is 0.829. The standard InChI is InChI=1S/C13H17NO2/c1-10(13(15)16)14-9-5-4-7-11-6-2-3-8-12(11)14/h2-3,6,8,10H,4-5,7,9H2,1H3,(H,15,16). The third-order valence-corrected chi connectivity index (χ3v) is 3.22. The summed E-state index contributed by atoms with van der Waals surface area (Å²) in [4.78, 5) is 13.1. The van der Waals surface area contributed by atoms with E-state index in [1.54, 1.807) is 6.92 Å². The minimum absolute atomic E-state index is 0.445. The van der Waals surface area contributed by atoms with Crippen molar-refractivity contribution in [2.24, 2.45) is 0 Å². The van der Waals surface area contributed by atoms with E-state index in [-0.39, 0.29) is 0 Å². The first-order valence-electron chi connectivity index (χ1n) is 5.77. The minimum atomic E-state index is -0.753. The summed E-state index contributed by atoms with van der Waals surface area (Å²) in [5.74, 6) is -0.753. The molecule has 0 saturated carbocycles. The second-order valence-corrected chi connectivity index (χ2v) is 4.29. The maximum atomic E-state index is 11.1. The van der Waals surface area contributed by atoms with E-state index in [2.05, 4.69) is 6.07 Å². The van der Waals surface area contributed by atoms with Crippen molar-refractivity contribution in [2.45, 2.75) is 32.2 Å². The molecule has 1 aliphatic rings. The summed E-state index contributed by atoms with van der Waals surface area (Å²) in [7, 11) is 0. The largest absolute Gasteiger partial charge is 0.480 e. The number of hydrogen-bond donors (Lipinski definition) is 1. The van der Waals surface area contributed by atoms with Gasteiger partial charge in [0.2, 0.25) is 0 Å². The summed E-state index contributed by atoms with van der Waals surface area (Å²) < 4.78 is 0. The number of carboxylic acid groups (broad SMARTS) is 1. The van der Waals surface area contributed by atoms with Crippen LogP contribution in [0.1, 0.15) is 25.3 Å². The lowest BCUT2D eigenvalue weighted by atomic mass is 10.1. The number of hydrogen-bond acceptors (Lipinski definition) is 2. The summed E-state index contributed by atoms with van der Waals surface area (Å²) in [5, 5.41) is 9.11. The van der Waals surface area contributed by atoms with E-state index in [0.29, 0.717) is 0 Å². The molecule has 3 nitrogen and oxygen atoms in total. The molecule has 3 heteroatoms. The van der Waals surface area contributed by atoms with E-state index in [0.717, 1.165) is 31.5 Å². The molecule has 0 aromatic heterocycles. The zero-order valence-electron chi connectivity index (χ0n) is 9.52. The highest BCUT2D eigenvalue weighted by molar-refractivity contribution is 5.78. The average Bonchev–Trinajstić information content (AvgIpc) is 2.50. The molecule has 1 N–H and O–H groups in total. The first kappa shape index (κ1) is 11.0. The minimum Gasteiger partial charge on any atom is -0.480 e. The molecule has 0 fully saturated rings. The second-order valence-electron chi connectivity index (χ2n) is 4.29. The van der Waals surface area contributed by atoms with Gasteiger partial charge in [-0.2, -0.15) is 0 Å². The lowest BCUT2D eigenvalue weighted by Gasteiger charge is -2.28. The topological polar surface area (TPSA) is 40.5 Å². The van der Waals surface area contributed by atoms with Gasteiger partial charge < -0.3 is 10.0 Å². The molecule has 0 spiro atoms. The number of aryl methyl sites for hydroxylation is 1. The molecule has 2 rings (SSSR count). The van der Waals surface area contributed by atoms with Crippen LogP contribution >= 0.6 is 0 Å². The summed E-state index contributed by atoms with van der Waals surface area (Å²) in [5.41, 5.74) is 2.36. The molecule has 1 aromatic carbocycles. The highest BCUT2D eigenvalue weighted by Crippen LogP contribution is 2.27. The smallest absolute Gasteiger partial charge is 0.326 e. The number of para-hydroxylation sites is 1. The molecular formula is C13H17NO2. The van der Waals surface area contributed by atoms with E-state index >= 15 is 0 Å². The Kier molecular flexibility index (Phi) is 3.13. The van der Waals surface area contributed by atoms with Crippen molar-refractivity contribution in [3.8, 4) is 0 Å². The molecule has 0 bridgehead atoms. The number of fused-ring (bicyclic) bond motifs is 1. The predicted molar refractivity (Wildman–Crippen MR) is 63.8 cm³/mol. The Hall–Kier alpha value is -1.51. The Morgan fingerprint density at radius 1 is 1.38 bits per heavy atom. The van der Waals surface area contributed by atoms with Crippen LogP contribution in [-0.4, -0.2) is 23.7 Å². The van der Waals surface area contributed by atoms with Crippen molar-refractivity contribution in [3.63, 3.8) is 0 Å². The molecule has 1 unspecified atom stereocenters. The Bertz CT molecular complexity index is 389. The molecule has 1 aromatic rings. The highest BCUT2D eigenvalue weighted by atomic mass is 16.4. The van der Waals surface area contributed by atoms with Crippen molar-refractivity contribution in [1.29, 1.82) is 0 Å². The van der Waals surface area contributed by atoms with Crippen LogP contribution in [0.3, 0.4) is 0 Å². The van der Waals surface area contributed by atoms with Crippen molar-refractivity contribution in [1.82, 2.24) is 0 Å². The number of carbonyl (C=O) groups is 1. The molecule has 0 aliphatic carbocycles. The van der Waals surface area contributed by atoms with E-state index < -0.39 is 12.0 Å². The Labute approximate surface area is 95.7 Å². The SMILES string of the molecule is CC(C(=O)O)N1CCCCc2ccccc21. The third-order valence-electron chi connectivity index (χ3n) is 3.22. The van der Waals surface area contributed by atoms with Gasteiger partial charge in [0.15, 0.2) is 0 Å². The first-order valence-corrected chi connectivity index (χ1v) is 5.77. The lowest BCUT2D eigenvalue weighted by Crippen LogP contribution is -2.39. The van der Waals surface area contributed by atoms with Crippen LogP contribution in [0.15, 0.2) is 24.3 Å². The molecule has 0 saturated heterocycles. The van der Waals surface area contributed by atoms with E-state index in [9.17, 15) is 4.79 Å². The lowest BCUT2D eigenvalue weighted by molar-refractivity contribution is -0.138. The third kappa shape index (κ3) is 2.03.